The van der Waals surface area contributed by atoms with E-state index in [9.17, 15) is 17.9 Å². The van der Waals surface area contributed by atoms with Gasteiger partial charge in [0.25, 0.3) is 0 Å². The third kappa shape index (κ3) is 7.63. The molecule has 0 amide bonds. The average molecular weight is 429 g/mol. The largest absolute Gasteiger partial charge is 0.387 e. The fraction of sp³-hybridized carbons (Fsp3) is 0.727. The number of nitrogens with two attached hydrogens (primary N) is 1. The van der Waals surface area contributed by atoms with Crippen LogP contribution in [0.3, 0.4) is 0 Å². The minimum absolute atomic E-state index is 0.159. The van der Waals surface area contributed by atoms with Crippen LogP contribution in [0.2, 0.25) is 0 Å². The second kappa shape index (κ2) is 10.3. The molecule has 29 heavy (non-hydrogen) atoms. The highest BCUT2D eigenvalue weighted by molar-refractivity contribution is 7.89. The second-order valence-corrected chi connectivity index (χ2v) is 11.0. The topological polar surface area (TPSA) is 92.4 Å². The first-order valence-electron chi connectivity index (χ1n) is 10.7. The van der Waals surface area contributed by atoms with Crippen LogP contribution in [0.25, 0.3) is 0 Å². The van der Waals surface area contributed by atoms with Crippen molar-refractivity contribution in [3.63, 3.8) is 0 Å². The molecule has 0 aromatic heterocycles. The van der Waals surface area contributed by atoms with Gasteiger partial charge in [-0.25, -0.2) is 17.9 Å². The molecule has 1 aliphatic rings. The van der Waals surface area contributed by atoms with Gasteiger partial charge in [-0.3, -0.25) is 0 Å². The van der Waals surface area contributed by atoms with Gasteiger partial charge in [0.15, 0.2) is 0 Å². The summed E-state index contributed by atoms with van der Waals surface area (Å²) in [6.45, 7) is 6.58. The molecule has 2 rings (SSSR count). The maximum Gasteiger partial charge on any atom is 0.212 e. The number of aliphatic hydroxyl groups is 1. The monoisotopic (exact) mass is 428 g/mol. The Labute approximate surface area is 175 Å². The van der Waals surface area contributed by atoms with Gasteiger partial charge in [0.1, 0.15) is 5.82 Å². The Kier molecular flexibility index (Phi) is 8.64. The van der Waals surface area contributed by atoms with E-state index in [2.05, 4.69) is 19.2 Å². The number of rotatable bonds is 10. The summed E-state index contributed by atoms with van der Waals surface area (Å²) >= 11 is 0. The van der Waals surface area contributed by atoms with Gasteiger partial charge in [0, 0.05) is 12.1 Å². The van der Waals surface area contributed by atoms with Crippen LogP contribution in [0, 0.1) is 17.7 Å². The van der Waals surface area contributed by atoms with Gasteiger partial charge in [-0.15, -0.1) is 0 Å². The average Bonchev–Trinajstić information content (AvgIpc) is 2.64. The van der Waals surface area contributed by atoms with Crippen molar-refractivity contribution in [2.45, 2.75) is 82.6 Å². The van der Waals surface area contributed by atoms with E-state index in [4.69, 9.17) is 5.14 Å². The molecule has 1 aliphatic carbocycles. The Balaban J connectivity index is 1.84. The molecule has 1 saturated carbocycles. The Morgan fingerprint density at radius 2 is 1.93 bits per heavy atom. The van der Waals surface area contributed by atoms with E-state index in [-0.39, 0.29) is 17.3 Å². The smallest absolute Gasteiger partial charge is 0.212 e. The van der Waals surface area contributed by atoms with Crippen LogP contribution in [0.5, 0.6) is 0 Å². The molecule has 0 heterocycles. The number of β-amino-alcohol motifs (C(OH)–C–C–N with tert-alkyl or cyclic N) is 1. The molecular weight excluding hydrogens is 391 g/mol. The third-order valence-electron chi connectivity index (χ3n) is 6.22. The van der Waals surface area contributed by atoms with Gasteiger partial charge in [-0.1, -0.05) is 38.3 Å². The summed E-state index contributed by atoms with van der Waals surface area (Å²) in [5.74, 6) is 0.327. The molecule has 1 fully saturated rings. The Morgan fingerprint density at radius 3 is 2.48 bits per heavy atom. The fourth-order valence-electron chi connectivity index (χ4n) is 4.72. The SMILES string of the molecule is CCCC(C1CCC(CC(C)(C)NC[C@H](O)c2cccc(F)c2)CC1)S(N)(=O)=O. The second-order valence-electron chi connectivity index (χ2n) is 9.24. The number of benzene rings is 1. The predicted molar refractivity (Wildman–Crippen MR) is 115 cm³/mol. The van der Waals surface area contributed by atoms with Gasteiger partial charge in [-0.05, 0) is 69.1 Å². The lowest BCUT2D eigenvalue weighted by atomic mass is 9.75. The summed E-state index contributed by atoms with van der Waals surface area (Å²) in [5, 5.41) is 18.8. The van der Waals surface area contributed by atoms with Crippen molar-refractivity contribution < 1.29 is 17.9 Å². The number of halogens is 1. The number of hydrogen-bond donors (Lipinski definition) is 3. The Bertz CT molecular complexity index is 746. The molecule has 166 valence electrons. The molecule has 1 aromatic carbocycles. The van der Waals surface area contributed by atoms with Crippen molar-refractivity contribution in [3.05, 3.63) is 35.6 Å². The number of hydrogen-bond acceptors (Lipinski definition) is 4. The number of primary sulfonamides is 1. The number of sulfonamides is 1. The fourth-order valence-corrected chi connectivity index (χ4v) is 6.09. The molecule has 0 saturated heterocycles. The zero-order valence-electron chi connectivity index (χ0n) is 17.9. The Hall–Kier alpha value is -1.02. The van der Waals surface area contributed by atoms with E-state index in [0.717, 1.165) is 38.5 Å². The molecule has 0 spiro atoms. The lowest BCUT2D eigenvalue weighted by Gasteiger charge is -2.37. The first kappa shape index (κ1) is 24.3. The van der Waals surface area contributed by atoms with E-state index < -0.39 is 21.4 Å². The van der Waals surface area contributed by atoms with Crippen LogP contribution in [0.4, 0.5) is 4.39 Å². The zero-order valence-corrected chi connectivity index (χ0v) is 18.7. The standard InChI is InChI=1S/C22H37FN2O3S/c1-4-6-21(29(24,27)28)17-11-9-16(10-12-17)14-22(2,3)25-15-20(26)18-7-5-8-19(23)13-18/h5,7-8,13,16-17,20-21,25-26H,4,6,9-12,14-15H2,1-3H3,(H2,24,27,28)/t16?,17?,20-,21?/m0/s1. The predicted octanol–water partition coefficient (Wildman–Crippen LogP) is 3.88. The third-order valence-corrected chi connectivity index (χ3v) is 7.68. The molecule has 0 bridgehead atoms. The molecule has 0 radical (unpaired) electrons. The summed E-state index contributed by atoms with van der Waals surface area (Å²) in [5.41, 5.74) is 0.396. The Morgan fingerprint density at radius 1 is 1.28 bits per heavy atom. The minimum atomic E-state index is -3.49. The van der Waals surface area contributed by atoms with E-state index in [1.54, 1.807) is 12.1 Å². The highest BCUT2D eigenvalue weighted by Gasteiger charge is 2.35. The minimum Gasteiger partial charge on any atom is -0.387 e. The van der Waals surface area contributed by atoms with Crippen molar-refractivity contribution in [2.75, 3.05) is 6.54 Å². The van der Waals surface area contributed by atoms with Gasteiger partial charge in [0.2, 0.25) is 10.0 Å². The van der Waals surface area contributed by atoms with Crippen LogP contribution in [-0.2, 0) is 10.0 Å². The summed E-state index contributed by atoms with van der Waals surface area (Å²) in [7, 11) is -3.49. The highest BCUT2D eigenvalue weighted by Crippen LogP contribution is 2.37. The van der Waals surface area contributed by atoms with E-state index in [0.29, 0.717) is 24.4 Å². The van der Waals surface area contributed by atoms with Gasteiger partial charge in [0.05, 0.1) is 11.4 Å². The van der Waals surface area contributed by atoms with Crippen molar-refractivity contribution in [1.29, 1.82) is 0 Å². The molecule has 1 aromatic rings. The van der Waals surface area contributed by atoms with Crippen molar-refractivity contribution in [3.8, 4) is 0 Å². The lowest BCUT2D eigenvalue weighted by molar-refractivity contribution is 0.147. The van der Waals surface area contributed by atoms with Crippen molar-refractivity contribution >= 4 is 10.0 Å². The van der Waals surface area contributed by atoms with Crippen LogP contribution >= 0.6 is 0 Å². The first-order valence-corrected chi connectivity index (χ1v) is 12.3. The summed E-state index contributed by atoms with van der Waals surface area (Å²) in [4.78, 5) is 0. The molecule has 5 nitrogen and oxygen atoms in total. The quantitative estimate of drug-likeness (QED) is 0.527. The number of nitrogens with one attached hydrogen (secondary N) is 1. The molecule has 1 unspecified atom stereocenters. The van der Waals surface area contributed by atoms with Crippen molar-refractivity contribution in [2.24, 2.45) is 17.0 Å². The van der Waals surface area contributed by atoms with Crippen LogP contribution in [0.1, 0.15) is 77.4 Å². The summed E-state index contributed by atoms with van der Waals surface area (Å²) < 4.78 is 37.2. The van der Waals surface area contributed by atoms with E-state index in [1.165, 1.54) is 12.1 Å². The van der Waals surface area contributed by atoms with Crippen LogP contribution in [0.15, 0.2) is 24.3 Å². The highest BCUT2D eigenvalue weighted by atomic mass is 32.2. The molecule has 0 aliphatic heterocycles. The van der Waals surface area contributed by atoms with E-state index in [1.807, 2.05) is 6.92 Å². The first-order chi connectivity index (χ1) is 13.5. The normalized spacial score (nSPS) is 23.0. The van der Waals surface area contributed by atoms with Gasteiger partial charge >= 0.3 is 0 Å². The zero-order chi connectivity index (χ0) is 21.7. The van der Waals surface area contributed by atoms with Gasteiger partial charge < -0.3 is 10.4 Å². The van der Waals surface area contributed by atoms with Crippen LogP contribution < -0.4 is 10.5 Å². The lowest BCUT2D eigenvalue weighted by Crippen LogP contribution is -2.44. The van der Waals surface area contributed by atoms with E-state index >= 15 is 0 Å². The maximum absolute atomic E-state index is 13.3. The summed E-state index contributed by atoms with van der Waals surface area (Å²) in [6, 6.07) is 6.05. The van der Waals surface area contributed by atoms with Crippen LogP contribution in [-0.4, -0.2) is 30.9 Å². The number of aliphatic hydroxyl groups excluding tert-OH is 1. The van der Waals surface area contributed by atoms with Gasteiger partial charge in [-0.2, -0.15) is 0 Å². The molecule has 2 atom stereocenters. The molecular formula is C22H37FN2O3S. The molecule has 7 heteroatoms. The maximum atomic E-state index is 13.3. The summed E-state index contributed by atoms with van der Waals surface area (Å²) in [6.07, 6.45) is 5.44. The molecule has 4 N–H and O–H groups in total. The van der Waals surface area contributed by atoms with Crippen molar-refractivity contribution in [1.82, 2.24) is 5.32 Å².